The van der Waals surface area contributed by atoms with Crippen molar-refractivity contribution in [2.75, 3.05) is 13.2 Å². The zero-order chi connectivity index (χ0) is 13.6. The van der Waals surface area contributed by atoms with Gasteiger partial charge in [0, 0.05) is 6.54 Å². The smallest absolute Gasteiger partial charge is 0.119 e. The van der Waals surface area contributed by atoms with E-state index in [1.54, 1.807) is 0 Å². The van der Waals surface area contributed by atoms with Gasteiger partial charge in [0.15, 0.2) is 0 Å². The van der Waals surface area contributed by atoms with Crippen LogP contribution in [0.3, 0.4) is 0 Å². The van der Waals surface area contributed by atoms with E-state index in [0.29, 0.717) is 26.0 Å². The highest BCUT2D eigenvalue weighted by atomic mass is 16.5. The van der Waals surface area contributed by atoms with E-state index >= 15 is 0 Å². The summed E-state index contributed by atoms with van der Waals surface area (Å²) in [7, 11) is 0. The normalized spacial score (nSPS) is 14.3. The molecule has 18 heavy (non-hydrogen) atoms. The molecule has 0 amide bonds. The first-order chi connectivity index (χ1) is 8.49. The summed E-state index contributed by atoms with van der Waals surface area (Å²) < 4.78 is 5.70. The first-order valence-electron chi connectivity index (χ1n) is 6.62. The molecule has 0 radical (unpaired) electrons. The molecular formula is C15H25NO2. The van der Waals surface area contributed by atoms with Crippen molar-refractivity contribution in [1.29, 1.82) is 0 Å². The molecule has 0 saturated heterocycles. The first-order valence-corrected chi connectivity index (χ1v) is 6.62. The third-order valence-electron chi connectivity index (χ3n) is 3.29. The molecule has 1 aromatic rings. The van der Waals surface area contributed by atoms with E-state index in [9.17, 15) is 5.11 Å². The zero-order valence-electron chi connectivity index (χ0n) is 11.7. The van der Waals surface area contributed by atoms with Gasteiger partial charge in [-0.05, 0) is 56.4 Å². The van der Waals surface area contributed by atoms with Gasteiger partial charge in [-0.25, -0.2) is 0 Å². The van der Waals surface area contributed by atoms with Crippen molar-refractivity contribution >= 4 is 0 Å². The average Bonchev–Trinajstić information content (AvgIpc) is 2.33. The van der Waals surface area contributed by atoms with Gasteiger partial charge in [-0.3, -0.25) is 0 Å². The van der Waals surface area contributed by atoms with Crippen LogP contribution in [0.5, 0.6) is 5.75 Å². The molecule has 0 aliphatic heterocycles. The molecule has 3 N–H and O–H groups in total. The van der Waals surface area contributed by atoms with Gasteiger partial charge in [0.1, 0.15) is 5.75 Å². The number of hydrogen-bond donors (Lipinski definition) is 2. The summed E-state index contributed by atoms with van der Waals surface area (Å²) in [5.74, 6) is 0.903. The van der Waals surface area contributed by atoms with Crippen molar-refractivity contribution in [3.8, 4) is 5.75 Å². The maximum atomic E-state index is 10.0. The number of nitrogens with two attached hydrogens (primary N) is 1. The Morgan fingerprint density at radius 3 is 2.33 bits per heavy atom. The molecule has 1 unspecified atom stereocenters. The van der Waals surface area contributed by atoms with Crippen LogP contribution in [0.15, 0.2) is 18.2 Å². The zero-order valence-corrected chi connectivity index (χ0v) is 11.7. The fourth-order valence-electron chi connectivity index (χ4n) is 2.03. The van der Waals surface area contributed by atoms with Crippen LogP contribution in [0.2, 0.25) is 0 Å². The van der Waals surface area contributed by atoms with Crippen molar-refractivity contribution in [2.45, 2.75) is 45.6 Å². The van der Waals surface area contributed by atoms with E-state index in [-0.39, 0.29) is 0 Å². The molecule has 0 bridgehead atoms. The fraction of sp³-hybridized carbons (Fsp3) is 0.600. The molecule has 0 saturated carbocycles. The summed E-state index contributed by atoms with van der Waals surface area (Å²) in [5, 5.41) is 10.0. The Bertz CT molecular complexity index is 353. The summed E-state index contributed by atoms with van der Waals surface area (Å²) in [6.07, 6.45) is 2.19. The molecule has 0 spiro atoms. The van der Waals surface area contributed by atoms with Gasteiger partial charge in [-0.2, -0.15) is 0 Å². The minimum absolute atomic E-state index is 0.313. The highest BCUT2D eigenvalue weighted by Gasteiger charge is 2.21. The van der Waals surface area contributed by atoms with Crippen LogP contribution in [-0.4, -0.2) is 23.9 Å². The second kappa shape index (κ2) is 6.76. The average molecular weight is 251 g/mol. The van der Waals surface area contributed by atoms with Crippen LogP contribution in [0.1, 0.15) is 37.3 Å². The van der Waals surface area contributed by atoms with Crippen molar-refractivity contribution < 1.29 is 9.84 Å². The lowest BCUT2D eigenvalue weighted by Crippen LogP contribution is -2.37. The van der Waals surface area contributed by atoms with Crippen LogP contribution in [-0.2, 0) is 0 Å². The Balaban J connectivity index is 2.38. The molecule has 0 aliphatic rings. The Labute approximate surface area is 110 Å². The van der Waals surface area contributed by atoms with Crippen molar-refractivity contribution in [3.05, 3.63) is 29.3 Å². The maximum absolute atomic E-state index is 10.0. The van der Waals surface area contributed by atoms with Crippen LogP contribution in [0.4, 0.5) is 0 Å². The largest absolute Gasteiger partial charge is 0.494 e. The number of benzene rings is 1. The van der Waals surface area contributed by atoms with Crippen molar-refractivity contribution in [1.82, 2.24) is 0 Å². The van der Waals surface area contributed by atoms with E-state index in [1.807, 2.05) is 19.1 Å². The topological polar surface area (TPSA) is 55.5 Å². The van der Waals surface area contributed by atoms with Gasteiger partial charge in [0.25, 0.3) is 0 Å². The predicted molar refractivity (Wildman–Crippen MR) is 74.9 cm³/mol. The van der Waals surface area contributed by atoms with Gasteiger partial charge in [0.2, 0.25) is 0 Å². The number of aryl methyl sites for hydroxylation is 2. The number of rotatable bonds is 7. The Hall–Kier alpha value is -1.06. The lowest BCUT2D eigenvalue weighted by Gasteiger charge is -2.24. The van der Waals surface area contributed by atoms with Gasteiger partial charge < -0.3 is 15.6 Å². The van der Waals surface area contributed by atoms with E-state index in [0.717, 1.165) is 12.2 Å². The summed E-state index contributed by atoms with van der Waals surface area (Å²) in [4.78, 5) is 0. The van der Waals surface area contributed by atoms with Crippen molar-refractivity contribution in [3.63, 3.8) is 0 Å². The lowest BCUT2D eigenvalue weighted by atomic mass is 9.95. The first kappa shape index (κ1) is 15.0. The van der Waals surface area contributed by atoms with Gasteiger partial charge in [0.05, 0.1) is 12.2 Å². The van der Waals surface area contributed by atoms with E-state index < -0.39 is 5.60 Å². The summed E-state index contributed by atoms with van der Waals surface area (Å²) in [6, 6.07) is 6.18. The van der Waals surface area contributed by atoms with Crippen LogP contribution in [0.25, 0.3) is 0 Å². The Morgan fingerprint density at radius 1 is 1.22 bits per heavy atom. The predicted octanol–water partition coefficient (Wildman–Crippen LogP) is 2.56. The molecule has 102 valence electrons. The maximum Gasteiger partial charge on any atom is 0.119 e. The van der Waals surface area contributed by atoms with Crippen LogP contribution < -0.4 is 10.5 Å². The van der Waals surface area contributed by atoms with Crippen LogP contribution >= 0.6 is 0 Å². The summed E-state index contributed by atoms with van der Waals surface area (Å²) >= 11 is 0. The quantitative estimate of drug-likeness (QED) is 0.732. The minimum atomic E-state index is -0.730. The SMILES string of the molecule is CCC(O)(CN)CCCOc1cc(C)cc(C)c1. The molecule has 0 heterocycles. The molecule has 0 aromatic heterocycles. The highest BCUT2D eigenvalue weighted by Crippen LogP contribution is 2.18. The Kier molecular flexibility index (Phi) is 5.63. The minimum Gasteiger partial charge on any atom is -0.494 e. The number of ether oxygens (including phenoxy) is 1. The van der Waals surface area contributed by atoms with E-state index in [4.69, 9.17) is 10.5 Å². The van der Waals surface area contributed by atoms with Gasteiger partial charge in [-0.15, -0.1) is 0 Å². The molecule has 1 aromatic carbocycles. The number of aliphatic hydroxyl groups is 1. The standard InChI is InChI=1S/C15H25NO2/c1-4-15(17,11-16)6-5-7-18-14-9-12(2)8-13(3)10-14/h8-10,17H,4-7,11,16H2,1-3H3. The highest BCUT2D eigenvalue weighted by molar-refractivity contribution is 5.32. The van der Waals surface area contributed by atoms with Gasteiger partial charge >= 0.3 is 0 Å². The number of hydrogen-bond acceptors (Lipinski definition) is 3. The third-order valence-corrected chi connectivity index (χ3v) is 3.29. The van der Waals surface area contributed by atoms with E-state index in [1.165, 1.54) is 11.1 Å². The fourth-order valence-corrected chi connectivity index (χ4v) is 2.03. The molecule has 0 fully saturated rings. The summed E-state index contributed by atoms with van der Waals surface area (Å²) in [6.45, 7) is 7.00. The molecule has 0 aliphatic carbocycles. The second-order valence-corrected chi connectivity index (χ2v) is 5.06. The molecule has 1 atom stereocenters. The third kappa shape index (κ3) is 4.67. The Morgan fingerprint density at radius 2 is 1.83 bits per heavy atom. The summed E-state index contributed by atoms with van der Waals surface area (Å²) in [5.41, 5.74) is 7.24. The second-order valence-electron chi connectivity index (χ2n) is 5.06. The molecule has 3 heteroatoms. The van der Waals surface area contributed by atoms with Crippen molar-refractivity contribution in [2.24, 2.45) is 5.73 Å². The molecule has 3 nitrogen and oxygen atoms in total. The van der Waals surface area contributed by atoms with Crippen LogP contribution in [0, 0.1) is 13.8 Å². The lowest BCUT2D eigenvalue weighted by molar-refractivity contribution is 0.0309. The van der Waals surface area contributed by atoms with E-state index in [2.05, 4.69) is 19.9 Å². The molecule has 1 rings (SSSR count). The monoisotopic (exact) mass is 251 g/mol. The van der Waals surface area contributed by atoms with Gasteiger partial charge in [-0.1, -0.05) is 13.0 Å². The molecular weight excluding hydrogens is 226 g/mol.